The third-order valence-electron chi connectivity index (χ3n) is 1.87. The highest BCUT2D eigenvalue weighted by atomic mass is 35.5. The molecule has 0 spiro atoms. The molecule has 1 atom stereocenters. The van der Waals surface area contributed by atoms with E-state index in [1.54, 1.807) is 0 Å². The van der Waals surface area contributed by atoms with Gasteiger partial charge in [0, 0.05) is 12.7 Å². The Hall–Kier alpha value is -0.250. The van der Waals surface area contributed by atoms with E-state index in [1.807, 2.05) is 13.8 Å². The van der Waals surface area contributed by atoms with Crippen molar-refractivity contribution in [2.75, 3.05) is 6.54 Å². The minimum absolute atomic E-state index is 0.0589. The largest absolute Gasteiger partial charge is 0.386 e. The molecule has 0 heterocycles. The summed E-state index contributed by atoms with van der Waals surface area (Å²) in [7, 11) is 0. The second kappa shape index (κ2) is 6.27. The number of aliphatic imine (C=N–C) groups is 1. The number of alkyl halides is 2. The van der Waals surface area contributed by atoms with E-state index in [4.69, 9.17) is 28.9 Å². The van der Waals surface area contributed by atoms with Gasteiger partial charge in [0.15, 0.2) is 0 Å². The summed E-state index contributed by atoms with van der Waals surface area (Å²) in [6.45, 7) is 7.75. The monoisotopic (exact) mass is 237 g/mol. The van der Waals surface area contributed by atoms with Crippen LogP contribution < -0.4 is 11.1 Å². The molecule has 0 aromatic heterocycles. The molecular formula is C9H17Cl2N3. The maximum atomic E-state index is 5.95. The van der Waals surface area contributed by atoms with Crippen molar-refractivity contribution >= 4 is 29.0 Å². The molecule has 0 saturated carbocycles. The zero-order valence-electron chi connectivity index (χ0n) is 8.56. The topological polar surface area (TPSA) is 50.4 Å². The molecule has 3 nitrogen and oxygen atoms in total. The standard InChI is InChI=1S/C9H17Cl2N3/c1-4-9(10,11)6-14-7(3)8(12)13-5-2/h5,7,14H,2,4,6H2,1,3H3,(H2,12,13). The summed E-state index contributed by atoms with van der Waals surface area (Å²) in [5.41, 5.74) is 5.63. The lowest BCUT2D eigenvalue weighted by atomic mass is 10.2. The molecule has 3 N–H and O–H groups in total. The SMILES string of the molecule is C=C/N=C(\N)C(C)NCC(Cl)(Cl)CC. The number of rotatable bonds is 6. The van der Waals surface area contributed by atoms with Crippen molar-refractivity contribution in [3.63, 3.8) is 0 Å². The average Bonchev–Trinajstić information content (AvgIpc) is 2.15. The Labute approximate surface area is 95.4 Å². The highest BCUT2D eigenvalue weighted by Crippen LogP contribution is 2.23. The molecule has 0 aliphatic heterocycles. The van der Waals surface area contributed by atoms with Gasteiger partial charge < -0.3 is 11.1 Å². The van der Waals surface area contributed by atoms with Crippen LogP contribution in [0.2, 0.25) is 0 Å². The van der Waals surface area contributed by atoms with E-state index in [9.17, 15) is 0 Å². The summed E-state index contributed by atoms with van der Waals surface area (Å²) in [6, 6.07) is -0.0589. The molecule has 0 saturated heterocycles. The molecule has 5 heteroatoms. The normalized spacial score (nSPS) is 15.3. The molecule has 0 fully saturated rings. The summed E-state index contributed by atoms with van der Waals surface area (Å²) in [5.74, 6) is 0.472. The van der Waals surface area contributed by atoms with Crippen LogP contribution in [0.5, 0.6) is 0 Å². The fourth-order valence-electron chi connectivity index (χ4n) is 0.749. The number of hydrogen-bond acceptors (Lipinski definition) is 2. The van der Waals surface area contributed by atoms with Gasteiger partial charge >= 0.3 is 0 Å². The first-order valence-electron chi connectivity index (χ1n) is 4.48. The Balaban J connectivity index is 4.02. The minimum Gasteiger partial charge on any atom is -0.386 e. The number of hydrogen-bond donors (Lipinski definition) is 2. The van der Waals surface area contributed by atoms with Crippen molar-refractivity contribution < 1.29 is 0 Å². The van der Waals surface area contributed by atoms with Crippen molar-refractivity contribution in [2.45, 2.75) is 30.6 Å². The average molecular weight is 238 g/mol. The molecule has 82 valence electrons. The smallest absolute Gasteiger partial charge is 0.130 e. The molecular weight excluding hydrogens is 221 g/mol. The summed E-state index contributed by atoms with van der Waals surface area (Å²) < 4.78 is -0.747. The van der Waals surface area contributed by atoms with Crippen molar-refractivity contribution in [1.82, 2.24) is 5.32 Å². The van der Waals surface area contributed by atoms with E-state index in [-0.39, 0.29) is 6.04 Å². The lowest BCUT2D eigenvalue weighted by molar-refractivity contribution is 0.591. The zero-order valence-corrected chi connectivity index (χ0v) is 10.1. The fraction of sp³-hybridized carbons (Fsp3) is 0.667. The molecule has 0 amide bonds. The van der Waals surface area contributed by atoms with E-state index in [0.29, 0.717) is 18.8 Å². The Morgan fingerprint density at radius 3 is 2.71 bits per heavy atom. The van der Waals surface area contributed by atoms with Gasteiger partial charge in [-0.15, -0.1) is 23.2 Å². The fourth-order valence-corrected chi connectivity index (χ4v) is 0.903. The summed E-state index contributed by atoms with van der Waals surface area (Å²) >= 11 is 11.9. The highest BCUT2D eigenvalue weighted by molar-refractivity contribution is 6.48. The molecule has 0 aliphatic rings. The van der Waals surface area contributed by atoms with Crippen molar-refractivity contribution in [3.8, 4) is 0 Å². The van der Waals surface area contributed by atoms with Gasteiger partial charge in [0.25, 0.3) is 0 Å². The lowest BCUT2D eigenvalue weighted by Crippen LogP contribution is -2.43. The molecule has 1 unspecified atom stereocenters. The number of nitrogens with one attached hydrogen (secondary N) is 1. The van der Waals surface area contributed by atoms with Crippen LogP contribution in [0.1, 0.15) is 20.3 Å². The van der Waals surface area contributed by atoms with E-state index in [0.717, 1.165) is 0 Å². The van der Waals surface area contributed by atoms with Crippen LogP contribution in [-0.4, -0.2) is 22.8 Å². The van der Waals surface area contributed by atoms with Crippen LogP contribution >= 0.6 is 23.2 Å². The van der Waals surface area contributed by atoms with Gasteiger partial charge in [0.05, 0.1) is 6.04 Å². The summed E-state index contributed by atoms with van der Waals surface area (Å²) in [4.78, 5) is 3.86. The van der Waals surface area contributed by atoms with E-state index >= 15 is 0 Å². The summed E-state index contributed by atoms with van der Waals surface area (Å²) in [6.07, 6.45) is 2.08. The molecule has 0 aliphatic carbocycles. The van der Waals surface area contributed by atoms with Gasteiger partial charge in [-0.25, -0.2) is 4.99 Å². The number of nitrogens with two attached hydrogens (primary N) is 1. The van der Waals surface area contributed by atoms with Crippen LogP contribution in [0.3, 0.4) is 0 Å². The summed E-state index contributed by atoms with van der Waals surface area (Å²) in [5, 5.41) is 3.09. The van der Waals surface area contributed by atoms with Gasteiger partial charge in [0.2, 0.25) is 0 Å². The van der Waals surface area contributed by atoms with Crippen LogP contribution in [0, 0.1) is 0 Å². The number of halogens is 2. The quantitative estimate of drug-likeness (QED) is 0.422. The first kappa shape index (κ1) is 13.8. The van der Waals surface area contributed by atoms with Crippen molar-refractivity contribution in [3.05, 3.63) is 12.8 Å². The van der Waals surface area contributed by atoms with Gasteiger partial charge in [0.1, 0.15) is 10.2 Å². The van der Waals surface area contributed by atoms with Crippen molar-refractivity contribution in [2.24, 2.45) is 10.7 Å². The number of nitrogens with zero attached hydrogens (tertiary/aromatic N) is 1. The first-order valence-corrected chi connectivity index (χ1v) is 5.24. The Morgan fingerprint density at radius 2 is 2.29 bits per heavy atom. The predicted molar refractivity (Wildman–Crippen MR) is 64.0 cm³/mol. The van der Waals surface area contributed by atoms with Gasteiger partial charge in [-0.1, -0.05) is 13.5 Å². The first-order chi connectivity index (χ1) is 6.43. The Bertz CT molecular complexity index is 214. The number of amidine groups is 1. The van der Waals surface area contributed by atoms with Gasteiger partial charge in [-0.2, -0.15) is 0 Å². The Kier molecular flexibility index (Phi) is 6.16. The van der Waals surface area contributed by atoms with Gasteiger partial charge in [-0.05, 0) is 13.3 Å². The van der Waals surface area contributed by atoms with Crippen LogP contribution in [0.15, 0.2) is 17.8 Å². The third kappa shape index (κ3) is 5.47. The second-order valence-electron chi connectivity index (χ2n) is 3.05. The van der Waals surface area contributed by atoms with Gasteiger partial charge in [-0.3, -0.25) is 0 Å². The minimum atomic E-state index is -0.747. The Morgan fingerprint density at radius 1 is 1.71 bits per heavy atom. The molecule has 0 rings (SSSR count). The lowest BCUT2D eigenvalue weighted by Gasteiger charge is -2.21. The predicted octanol–water partition coefficient (Wildman–Crippen LogP) is 2.05. The maximum Gasteiger partial charge on any atom is 0.130 e. The molecule has 0 aromatic carbocycles. The van der Waals surface area contributed by atoms with Crippen LogP contribution in [0.4, 0.5) is 0 Å². The zero-order chi connectivity index (χ0) is 11.2. The molecule has 0 bridgehead atoms. The van der Waals surface area contributed by atoms with E-state index in [1.165, 1.54) is 6.20 Å². The second-order valence-corrected chi connectivity index (χ2v) is 4.69. The molecule has 0 radical (unpaired) electrons. The maximum absolute atomic E-state index is 5.95. The molecule has 14 heavy (non-hydrogen) atoms. The molecule has 0 aromatic rings. The third-order valence-corrected chi connectivity index (χ3v) is 2.67. The van der Waals surface area contributed by atoms with Crippen molar-refractivity contribution in [1.29, 1.82) is 0 Å². The highest BCUT2D eigenvalue weighted by Gasteiger charge is 2.22. The van der Waals surface area contributed by atoms with Crippen LogP contribution in [-0.2, 0) is 0 Å². The van der Waals surface area contributed by atoms with Crippen LogP contribution in [0.25, 0.3) is 0 Å². The van der Waals surface area contributed by atoms with E-state index < -0.39 is 4.33 Å². The van der Waals surface area contributed by atoms with E-state index in [2.05, 4.69) is 16.9 Å².